The van der Waals surface area contributed by atoms with Crippen molar-refractivity contribution in [2.45, 2.75) is 33.6 Å². The van der Waals surface area contributed by atoms with Crippen molar-refractivity contribution < 1.29 is 19.1 Å². The predicted octanol–water partition coefficient (Wildman–Crippen LogP) is 1.16. The second-order valence-corrected chi connectivity index (χ2v) is 5.18. The topological polar surface area (TPSA) is 108 Å². The molecule has 6 heteroatoms. The van der Waals surface area contributed by atoms with Gasteiger partial charge in [0.15, 0.2) is 11.2 Å². The lowest BCUT2D eigenvalue weighted by molar-refractivity contribution is -0.155. The van der Waals surface area contributed by atoms with Crippen molar-refractivity contribution in [1.29, 1.82) is 10.5 Å². The summed E-state index contributed by atoms with van der Waals surface area (Å²) < 4.78 is 4.88. The van der Waals surface area contributed by atoms with Crippen molar-refractivity contribution in [2.75, 3.05) is 6.61 Å². The quantitative estimate of drug-likeness (QED) is 0.713. The average Bonchev–Trinajstić information content (AvgIpc) is 2.61. The van der Waals surface area contributed by atoms with E-state index in [1.54, 1.807) is 6.92 Å². The summed E-state index contributed by atoms with van der Waals surface area (Å²) >= 11 is 0. The SMILES string of the molecule is CCOC(=O)[C@]1(C#N)CC(=O)[C@](C)(C#N)[C@H]1CC(C)=O. The van der Waals surface area contributed by atoms with Gasteiger partial charge in [-0.2, -0.15) is 10.5 Å². The molecule has 6 nitrogen and oxygen atoms in total. The fourth-order valence-electron chi connectivity index (χ4n) is 2.69. The Bertz CT molecular complexity index is 542. The molecule has 0 amide bonds. The zero-order chi connectivity index (χ0) is 15.6. The number of Topliss-reactive ketones (excluding diaryl/α,β-unsaturated/α-hetero) is 2. The van der Waals surface area contributed by atoms with E-state index in [0.29, 0.717) is 0 Å². The lowest BCUT2D eigenvalue weighted by Gasteiger charge is -2.30. The summed E-state index contributed by atoms with van der Waals surface area (Å²) in [6.45, 7) is 4.32. The summed E-state index contributed by atoms with van der Waals surface area (Å²) in [4.78, 5) is 35.6. The Morgan fingerprint density at radius 2 is 2.00 bits per heavy atom. The number of ether oxygens (including phenoxy) is 1. The lowest BCUT2D eigenvalue weighted by Crippen LogP contribution is -2.40. The van der Waals surface area contributed by atoms with Crippen LogP contribution in [0.15, 0.2) is 0 Å². The molecule has 0 radical (unpaired) electrons. The standard InChI is InChI=1S/C14H16N2O4/c1-4-20-12(19)14(8-16)6-11(18)13(3,7-15)10(14)5-9(2)17/h10H,4-6H2,1-3H3/t10-,13-,14+/m1/s1. The Balaban J connectivity index is 3.40. The molecule has 0 unspecified atom stereocenters. The van der Waals surface area contributed by atoms with E-state index in [-0.39, 0.29) is 25.2 Å². The third-order valence-electron chi connectivity index (χ3n) is 3.87. The van der Waals surface area contributed by atoms with Crippen molar-refractivity contribution in [3.05, 3.63) is 0 Å². The molecule has 0 aromatic carbocycles. The number of nitrogens with zero attached hydrogens (tertiary/aromatic N) is 2. The zero-order valence-electron chi connectivity index (χ0n) is 11.7. The highest BCUT2D eigenvalue weighted by atomic mass is 16.5. The third-order valence-corrected chi connectivity index (χ3v) is 3.87. The molecule has 0 heterocycles. The summed E-state index contributed by atoms with van der Waals surface area (Å²) in [5.41, 5.74) is -3.27. The van der Waals surface area contributed by atoms with Gasteiger partial charge in [0, 0.05) is 18.8 Å². The van der Waals surface area contributed by atoms with Crippen LogP contribution in [0.4, 0.5) is 0 Å². The van der Waals surface area contributed by atoms with Crippen LogP contribution < -0.4 is 0 Å². The highest BCUT2D eigenvalue weighted by Gasteiger charge is 2.65. The van der Waals surface area contributed by atoms with E-state index in [1.165, 1.54) is 13.8 Å². The minimum absolute atomic E-state index is 0.0620. The largest absolute Gasteiger partial charge is 0.465 e. The first kappa shape index (κ1) is 15.8. The first-order chi connectivity index (χ1) is 9.28. The number of rotatable bonds is 4. The van der Waals surface area contributed by atoms with Gasteiger partial charge in [-0.25, -0.2) is 0 Å². The molecule has 0 aromatic heterocycles. The molecule has 0 saturated heterocycles. The fourth-order valence-corrected chi connectivity index (χ4v) is 2.69. The van der Waals surface area contributed by atoms with E-state index >= 15 is 0 Å². The Morgan fingerprint density at radius 3 is 2.40 bits per heavy atom. The van der Waals surface area contributed by atoms with Crippen LogP contribution >= 0.6 is 0 Å². The molecule has 0 bridgehead atoms. The van der Waals surface area contributed by atoms with Crippen molar-refractivity contribution in [1.82, 2.24) is 0 Å². The molecule has 1 aliphatic carbocycles. The average molecular weight is 276 g/mol. The maximum absolute atomic E-state index is 12.1. The van der Waals surface area contributed by atoms with Gasteiger partial charge in [0.2, 0.25) is 0 Å². The van der Waals surface area contributed by atoms with E-state index in [0.717, 1.165) is 0 Å². The molecule has 0 aromatic rings. The molecular weight excluding hydrogens is 260 g/mol. The fraction of sp³-hybridized carbons (Fsp3) is 0.643. The molecule has 3 atom stereocenters. The monoisotopic (exact) mass is 276 g/mol. The highest BCUT2D eigenvalue weighted by molar-refractivity contribution is 5.99. The number of carbonyl (C=O) groups is 3. The van der Waals surface area contributed by atoms with Gasteiger partial charge in [-0.05, 0) is 20.8 Å². The Labute approximate surface area is 117 Å². The second kappa shape index (κ2) is 5.42. The zero-order valence-corrected chi connectivity index (χ0v) is 11.7. The smallest absolute Gasteiger partial charge is 0.327 e. The Kier molecular flexibility index (Phi) is 4.29. The maximum atomic E-state index is 12.1. The van der Waals surface area contributed by atoms with Crippen LogP contribution in [0.5, 0.6) is 0 Å². The predicted molar refractivity (Wildman–Crippen MR) is 66.8 cm³/mol. The number of nitriles is 2. The number of hydrogen-bond donors (Lipinski definition) is 0. The van der Waals surface area contributed by atoms with E-state index in [4.69, 9.17) is 4.74 Å². The Morgan fingerprint density at radius 1 is 1.40 bits per heavy atom. The first-order valence-electron chi connectivity index (χ1n) is 6.31. The molecule has 0 spiro atoms. The Hall–Kier alpha value is -2.21. The van der Waals surface area contributed by atoms with Crippen molar-refractivity contribution in [2.24, 2.45) is 16.7 Å². The van der Waals surface area contributed by atoms with Gasteiger partial charge >= 0.3 is 5.97 Å². The van der Waals surface area contributed by atoms with Crippen LogP contribution in [0.3, 0.4) is 0 Å². The molecule has 106 valence electrons. The van der Waals surface area contributed by atoms with E-state index in [2.05, 4.69) is 0 Å². The van der Waals surface area contributed by atoms with E-state index in [9.17, 15) is 24.9 Å². The van der Waals surface area contributed by atoms with Crippen LogP contribution in [0.1, 0.15) is 33.6 Å². The van der Waals surface area contributed by atoms with Gasteiger partial charge in [0.25, 0.3) is 0 Å². The summed E-state index contributed by atoms with van der Waals surface area (Å²) in [7, 11) is 0. The molecule has 0 N–H and O–H groups in total. The minimum Gasteiger partial charge on any atom is -0.465 e. The molecule has 20 heavy (non-hydrogen) atoms. The minimum atomic E-state index is -1.75. The summed E-state index contributed by atoms with van der Waals surface area (Å²) in [5.74, 6) is -2.59. The van der Waals surface area contributed by atoms with Crippen molar-refractivity contribution >= 4 is 17.5 Å². The molecule has 1 aliphatic rings. The summed E-state index contributed by atoms with van der Waals surface area (Å²) in [6, 6.07) is 3.71. The van der Waals surface area contributed by atoms with Crippen LogP contribution in [0, 0.1) is 39.4 Å². The number of hydrogen-bond acceptors (Lipinski definition) is 6. The number of esters is 1. The normalized spacial score (nSPS) is 32.2. The van der Waals surface area contributed by atoms with Gasteiger partial charge in [0.1, 0.15) is 11.2 Å². The lowest BCUT2D eigenvalue weighted by atomic mass is 9.68. The molecular formula is C14H16N2O4. The van der Waals surface area contributed by atoms with Gasteiger partial charge in [-0.1, -0.05) is 0 Å². The van der Waals surface area contributed by atoms with Crippen molar-refractivity contribution in [3.8, 4) is 12.1 Å². The first-order valence-corrected chi connectivity index (χ1v) is 6.31. The van der Waals surface area contributed by atoms with Gasteiger partial charge in [0.05, 0.1) is 18.7 Å². The highest BCUT2D eigenvalue weighted by Crippen LogP contribution is 2.53. The van der Waals surface area contributed by atoms with Crippen LogP contribution in [-0.2, 0) is 19.1 Å². The number of carbonyl (C=O) groups excluding carboxylic acids is 3. The van der Waals surface area contributed by atoms with Crippen LogP contribution in [-0.4, -0.2) is 24.1 Å². The molecule has 1 saturated carbocycles. The van der Waals surface area contributed by atoms with E-state index in [1.807, 2.05) is 12.1 Å². The van der Waals surface area contributed by atoms with Crippen LogP contribution in [0.25, 0.3) is 0 Å². The molecule has 1 rings (SSSR count). The van der Waals surface area contributed by atoms with Gasteiger partial charge in [-0.15, -0.1) is 0 Å². The molecule has 1 fully saturated rings. The third kappa shape index (κ3) is 2.18. The maximum Gasteiger partial charge on any atom is 0.327 e. The van der Waals surface area contributed by atoms with Crippen molar-refractivity contribution in [3.63, 3.8) is 0 Å². The van der Waals surface area contributed by atoms with Crippen LogP contribution in [0.2, 0.25) is 0 Å². The van der Waals surface area contributed by atoms with Gasteiger partial charge < -0.3 is 9.53 Å². The summed E-state index contributed by atoms with van der Waals surface area (Å²) in [6.07, 6.45) is -0.563. The summed E-state index contributed by atoms with van der Waals surface area (Å²) in [5, 5.41) is 18.7. The second-order valence-electron chi connectivity index (χ2n) is 5.18. The number of ketones is 2. The van der Waals surface area contributed by atoms with Gasteiger partial charge in [-0.3, -0.25) is 9.59 Å². The van der Waals surface area contributed by atoms with E-state index < -0.39 is 28.5 Å². The molecule has 0 aliphatic heterocycles.